The number of aryl methyl sites for hydroxylation is 3. The number of thiazole rings is 2. The van der Waals surface area contributed by atoms with Crippen molar-refractivity contribution in [2.45, 2.75) is 25.0 Å². The van der Waals surface area contributed by atoms with Crippen molar-refractivity contribution < 1.29 is 9.21 Å². The van der Waals surface area contributed by atoms with Gasteiger partial charge in [0.05, 0.1) is 21.0 Å². The Bertz CT molecular complexity index is 1040. The van der Waals surface area contributed by atoms with Crippen LogP contribution < -0.4 is 5.32 Å². The van der Waals surface area contributed by atoms with Gasteiger partial charge in [0.2, 0.25) is 11.8 Å². The molecule has 0 aliphatic carbocycles. The number of nitrogens with zero attached hydrogens (tertiary/aromatic N) is 4. The Morgan fingerprint density at radius 3 is 2.93 bits per heavy atom. The second-order valence-electron chi connectivity index (χ2n) is 5.65. The number of hydrogen-bond donors (Lipinski definition) is 1. The monoisotopic (exact) mass is 417 g/mol. The van der Waals surface area contributed by atoms with Gasteiger partial charge in [0.25, 0.3) is 5.22 Å². The number of aromatic nitrogens is 4. The van der Waals surface area contributed by atoms with Gasteiger partial charge in [-0.2, -0.15) is 0 Å². The number of anilines is 1. The molecule has 1 amide bonds. The highest BCUT2D eigenvalue weighted by Crippen LogP contribution is 2.23. The van der Waals surface area contributed by atoms with Crippen molar-refractivity contribution in [3.05, 3.63) is 46.2 Å². The summed E-state index contributed by atoms with van der Waals surface area (Å²) in [5.74, 6) is 0.592. The van der Waals surface area contributed by atoms with E-state index in [9.17, 15) is 4.79 Å². The van der Waals surface area contributed by atoms with Gasteiger partial charge in [-0.15, -0.1) is 32.9 Å². The van der Waals surface area contributed by atoms with Gasteiger partial charge in [-0.1, -0.05) is 23.9 Å². The van der Waals surface area contributed by atoms with Crippen LogP contribution in [0.4, 0.5) is 5.13 Å². The fourth-order valence-electron chi connectivity index (χ4n) is 2.33. The van der Waals surface area contributed by atoms with Gasteiger partial charge in [-0.05, 0) is 19.1 Å². The maximum atomic E-state index is 11.9. The van der Waals surface area contributed by atoms with Gasteiger partial charge in [-0.25, -0.2) is 9.97 Å². The topological polar surface area (TPSA) is 93.8 Å². The molecule has 138 valence electrons. The van der Waals surface area contributed by atoms with Crippen LogP contribution in [0.3, 0.4) is 0 Å². The van der Waals surface area contributed by atoms with E-state index in [1.807, 2.05) is 25.1 Å². The SMILES string of the molecule is Cc1cnc(NC(=O)CSc2nnc(CCc3nc4ccccc4s3)o2)s1. The first-order valence-corrected chi connectivity index (χ1v) is 10.8. The molecule has 4 rings (SSSR count). The van der Waals surface area contributed by atoms with Crippen molar-refractivity contribution in [3.63, 3.8) is 0 Å². The van der Waals surface area contributed by atoms with Crippen LogP contribution in [0.25, 0.3) is 10.2 Å². The number of nitrogens with one attached hydrogen (secondary N) is 1. The molecule has 3 heterocycles. The Morgan fingerprint density at radius 1 is 1.22 bits per heavy atom. The summed E-state index contributed by atoms with van der Waals surface area (Å²) in [6, 6.07) is 8.07. The van der Waals surface area contributed by atoms with Crippen LogP contribution in [-0.4, -0.2) is 31.8 Å². The standard InChI is InChI=1S/C17H15N5O2S3/c1-10-8-18-16(26-10)20-13(23)9-25-17-22-21-14(24-17)6-7-15-19-11-4-2-3-5-12(11)27-15/h2-5,8H,6-7,9H2,1H3,(H,18,20,23). The molecule has 7 nitrogen and oxygen atoms in total. The lowest BCUT2D eigenvalue weighted by Gasteiger charge is -1.98. The number of carbonyl (C=O) groups is 1. The molecule has 0 spiro atoms. The molecule has 0 unspecified atom stereocenters. The molecule has 0 aliphatic heterocycles. The number of carbonyl (C=O) groups excluding carboxylic acids is 1. The molecular formula is C17H15N5O2S3. The summed E-state index contributed by atoms with van der Waals surface area (Å²) in [5.41, 5.74) is 1.01. The molecule has 4 aromatic rings. The van der Waals surface area contributed by atoms with Crippen LogP contribution in [-0.2, 0) is 17.6 Å². The lowest BCUT2D eigenvalue weighted by molar-refractivity contribution is -0.113. The molecule has 3 aromatic heterocycles. The molecule has 0 bridgehead atoms. The number of para-hydroxylation sites is 1. The maximum absolute atomic E-state index is 11.9. The molecule has 0 aliphatic rings. The van der Waals surface area contributed by atoms with Crippen molar-refractivity contribution in [3.8, 4) is 0 Å². The summed E-state index contributed by atoms with van der Waals surface area (Å²) in [7, 11) is 0. The molecule has 1 N–H and O–H groups in total. The third-order valence-electron chi connectivity index (χ3n) is 3.53. The van der Waals surface area contributed by atoms with Crippen molar-refractivity contribution in [1.29, 1.82) is 0 Å². The highest BCUT2D eigenvalue weighted by Gasteiger charge is 2.12. The van der Waals surface area contributed by atoms with E-state index in [0.29, 0.717) is 22.7 Å². The lowest BCUT2D eigenvalue weighted by Crippen LogP contribution is -2.13. The molecular weight excluding hydrogens is 402 g/mol. The molecule has 10 heteroatoms. The minimum atomic E-state index is -0.149. The first-order chi connectivity index (χ1) is 13.2. The lowest BCUT2D eigenvalue weighted by atomic mass is 10.3. The zero-order valence-corrected chi connectivity index (χ0v) is 16.8. The Hall–Kier alpha value is -2.30. The number of rotatable bonds is 7. The highest BCUT2D eigenvalue weighted by molar-refractivity contribution is 7.99. The minimum absolute atomic E-state index is 0.149. The van der Waals surface area contributed by atoms with Crippen molar-refractivity contribution in [2.75, 3.05) is 11.1 Å². The van der Waals surface area contributed by atoms with Crippen molar-refractivity contribution in [2.24, 2.45) is 0 Å². The third-order valence-corrected chi connectivity index (χ3v) is 6.28. The van der Waals surface area contributed by atoms with E-state index in [-0.39, 0.29) is 11.7 Å². The van der Waals surface area contributed by atoms with Gasteiger partial charge in [0, 0.05) is 23.9 Å². The average molecular weight is 418 g/mol. The first kappa shape index (κ1) is 18.1. The fraction of sp³-hybridized carbons (Fsp3) is 0.235. The van der Waals surface area contributed by atoms with Crippen LogP contribution in [0.15, 0.2) is 40.1 Å². The van der Waals surface area contributed by atoms with E-state index < -0.39 is 0 Å². The van der Waals surface area contributed by atoms with Crippen LogP contribution in [0, 0.1) is 6.92 Å². The smallest absolute Gasteiger partial charge is 0.277 e. The first-order valence-electron chi connectivity index (χ1n) is 8.17. The van der Waals surface area contributed by atoms with Crippen LogP contribution in [0.5, 0.6) is 0 Å². The van der Waals surface area contributed by atoms with Crippen LogP contribution in [0.2, 0.25) is 0 Å². The van der Waals surface area contributed by atoms with Gasteiger partial charge < -0.3 is 9.73 Å². The van der Waals surface area contributed by atoms with E-state index in [4.69, 9.17) is 4.42 Å². The van der Waals surface area contributed by atoms with E-state index in [2.05, 4.69) is 31.5 Å². The van der Waals surface area contributed by atoms with Crippen LogP contribution in [0.1, 0.15) is 15.8 Å². The van der Waals surface area contributed by atoms with Gasteiger partial charge >= 0.3 is 0 Å². The molecule has 1 aromatic carbocycles. The quantitative estimate of drug-likeness (QED) is 0.455. The Labute approximate surface area is 167 Å². The Kier molecular flexibility index (Phi) is 5.46. The number of hydrogen-bond acceptors (Lipinski definition) is 9. The van der Waals surface area contributed by atoms with E-state index in [1.165, 1.54) is 27.8 Å². The number of benzene rings is 1. The number of fused-ring (bicyclic) bond motifs is 1. The molecule has 0 fully saturated rings. The normalized spacial score (nSPS) is 11.1. The Balaban J connectivity index is 1.27. The van der Waals surface area contributed by atoms with E-state index in [1.54, 1.807) is 17.5 Å². The molecule has 0 atom stereocenters. The summed E-state index contributed by atoms with van der Waals surface area (Å²) >= 11 is 4.33. The zero-order chi connectivity index (χ0) is 18.6. The maximum Gasteiger partial charge on any atom is 0.277 e. The fourth-order valence-corrected chi connectivity index (χ4v) is 4.56. The summed E-state index contributed by atoms with van der Waals surface area (Å²) in [6.07, 6.45) is 3.09. The minimum Gasteiger partial charge on any atom is -0.416 e. The average Bonchev–Trinajstić information content (AvgIpc) is 3.37. The molecule has 0 saturated heterocycles. The van der Waals surface area contributed by atoms with E-state index >= 15 is 0 Å². The molecule has 0 radical (unpaired) electrons. The Morgan fingerprint density at radius 2 is 2.11 bits per heavy atom. The predicted octanol–water partition coefficient (Wildman–Crippen LogP) is 3.96. The van der Waals surface area contributed by atoms with Crippen LogP contribution >= 0.6 is 34.4 Å². The number of amides is 1. The van der Waals surface area contributed by atoms with Gasteiger partial charge in [0.1, 0.15) is 0 Å². The van der Waals surface area contributed by atoms with Gasteiger partial charge in [-0.3, -0.25) is 4.79 Å². The third kappa shape index (κ3) is 4.71. The van der Waals surface area contributed by atoms with Crippen molar-refractivity contribution in [1.82, 2.24) is 20.2 Å². The summed E-state index contributed by atoms with van der Waals surface area (Å²) < 4.78 is 6.79. The largest absolute Gasteiger partial charge is 0.416 e. The zero-order valence-electron chi connectivity index (χ0n) is 14.3. The predicted molar refractivity (Wildman–Crippen MR) is 108 cm³/mol. The second-order valence-corrected chi connectivity index (χ2v) is 8.93. The molecule has 0 saturated carbocycles. The van der Waals surface area contributed by atoms with E-state index in [0.717, 1.165) is 21.8 Å². The summed E-state index contributed by atoms with van der Waals surface area (Å²) in [4.78, 5) is 21.7. The highest BCUT2D eigenvalue weighted by atomic mass is 32.2. The summed E-state index contributed by atoms with van der Waals surface area (Å²) in [5, 5.41) is 12.8. The summed E-state index contributed by atoms with van der Waals surface area (Å²) in [6.45, 7) is 1.94. The van der Waals surface area contributed by atoms with Gasteiger partial charge in [0.15, 0.2) is 5.13 Å². The number of thioether (sulfide) groups is 1. The molecule has 27 heavy (non-hydrogen) atoms. The van der Waals surface area contributed by atoms with Crippen molar-refractivity contribution >= 4 is 55.7 Å². The second kappa shape index (κ2) is 8.15.